The monoisotopic (exact) mass is 298 g/mol. The molecule has 1 aliphatic heterocycles. The average Bonchev–Trinajstić information content (AvgIpc) is 2.33. The van der Waals surface area contributed by atoms with Crippen molar-refractivity contribution in [1.82, 2.24) is 5.32 Å². The van der Waals surface area contributed by atoms with Crippen molar-refractivity contribution in [3.8, 4) is 0 Å². The van der Waals surface area contributed by atoms with Gasteiger partial charge in [0.1, 0.15) is 0 Å². The Kier molecular flexibility index (Phi) is 4.42. The highest BCUT2D eigenvalue weighted by atomic mass is 79.9. The van der Waals surface area contributed by atoms with E-state index in [1.807, 2.05) is 7.05 Å². The number of hydrogen-bond acceptors (Lipinski definition) is 3. The van der Waals surface area contributed by atoms with Gasteiger partial charge in [0, 0.05) is 29.8 Å². The van der Waals surface area contributed by atoms with E-state index >= 15 is 0 Å². The Morgan fingerprint density at radius 1 is 1.53 bits per heavy atom. The van der Waals surface area contributed by atoms with Gasteiger partial charge in [-0.2, -0.15) is 0 Å². The molecule has 1 fully saturated rings. The Bertz CT molecular complexity index is 382. The standard InChI is InChI=1S/C13H19BrN2O/c1-10-3-4-11(7-13(10)14)16-5-6-17-12(9-16)8-15-2/h3-4,7,12,15H,5-6,8-9H2,1-2H3. The molecular weight excluding hydrogens is 280 g/mol. The average molecular weight is 299 g/mol. The molecule has 1 aromatic rings. The molecule has 3 nitrogen and oxygen atoms in total. The number of morpholine rings is 1. The van der Waals surface area contributed by atoms with Crippen LogP contribution in [0.3, 0.4) is 0 Å². The van der Waals surface area contributed by atoms with Crippen LogP contribution in [0, 0.1) is 6.92 Å². The fourth-order valence-electron chi connectivity index (χ4n) is 2.08. The van der Waals surface area contributed by atoms with Crippen LogP contribution in [0.5, 0.6) is 0 Å². The molecule has 0 bridgehead atoms. The van der Waals surface area contributed by atoms with E-state index in [1.54, 1.807) is 0 Å². The first kappa shape index (κ1) is 12.9. The van der Waals surface area contributed by atoms with Crippen LogP contribution >= 0.6 is 15.9 Å². The van der Waals surface area contributed by atoms with Gasteiger partial charge in [0.05, 0.1) is 12.7 Å². The predicted octanol–water partition coefficient (Wildman–Crippen LogP) is 2.18. The molecule has 0 aliphatic carbocycles. The number of benzene rings is 1. The second kappa shape index (κ2) is 5.85. The molecule has 2 rings (SSSR count). The van der Waals surface area contributed by atoms with Gasteiger partial charge in [-0.1, -0.05) is 22.0 Å². The van der Waals surface area contributed by atoms with E-state index in [-0.39, 0.29) is 6.10 Å². The highest BCUT2D eigenvalue weighted by Crippen LogP contribution is 2.24. The molecule has 1 aromatic carbocycles. The van der Waals surface area contributed by atoms with Gasteiger partial charge in [0.2, 0.25) is 0 Å². The second-order valence-corrected chi connectivity index (χ2v) is 5.28. The number of rotatable bonds is 3. The third-order valence-electron chi connectivity index (χ3n) is 3.09. The molecule has 0 saturated carbocycles. The van der Waals surface area contributed by atoms with Crippen molar-refractivity contribution in [2.45, 2.75) is 13.0 Å². The molecule has 1 N–H and O–H groups in total. The van der Waals surface area contributed by atoms with Gasteiger partial charge in [-0.05, 0) is 31.7 Å². The van der Waals surface area contributed by atoms with Gasteiger partial charge in [0.25, 0.3) is 0 Å². The van der Waals surface area contributed by atoms with Crippen LogP contribution in [0.4, 0.5) is 5.69 Å². The van der Waals surface area contributed by atoms with Gasteiger partial charge in [0.15, 0.2) is 0 Å². The third-order valence-corrected chi connectivity index (χ3v) is 3.95. The van der Waals surface area contributed by atoms with Crippen LogP contribution in [0.25, 0.3) is 0 Å². The lowest BCUT2D eigenvalue weighted by Gasteiger charge is -2.34. The zero-order valence-corrected chi connectivity index (χ0v) is 12.0. The summed E-state index contributed by atoms with van der Waals surface area (Å²) in [5, 5.41) is 3.17. The Morgan fingerprint density at radius 2 is 2.35 bits per heavy atom. The summed E-state index contributed by atoms with van der Waals surface area (Å²) in [5.41, 5.74) is 2.54. The molecule has 0 aromatic heterocycles. The molecule has 1 unspecified atom stereocenters. The van der Waals surface area contributed by atoms with Crippen LogP contribution in [0.2, 0.25) is 0 Å². The third kappa shape index (κ3) is 3.21. The van der Waals surface area contributed by atoms with E-state index in [2.05, 4.69) is 51.3 Å². The number of ether oxygens (including phenoxy) is 1. The van der Waals surface area contributed by atoms with E-state index in [0.29, 0.717) is 0 Å². The molecule has 1 heterocycles. The Balaban J connectivity index is 2.08. The molecular formula is C13H19BrN2O. The Labute approximate surface area is 111 Å². The second-order valence-electron chi connectivity index (χ2n) is 4.43. The maximum atomic E-state index is 5.71. The zero-order valence-electron chi connectivity index (χ0n) is 10.4. The van der Waals surface area contributed by atoms with Crippen LogP contribution in [-0.4, -0.2) is 39.4 Å². The lowest BCUT2D eigenvalue weighted by atomic mass is 10.2. The molecule has 17 heavy (non-hydrogen) atoms. The molecule has 94 valence electrons. The summed E-state index contributed by atoms with van der Waals surface area (Å²) in [4.78, 5) is 2.38. The van der Waals surface area contributed by atoms with E-state index in [1.165, 1.54) is 15.7 Å². The number of anilines is 1. The zero-order chi connectivity index (χ0) is 12.3. The summed E-state index contributed by atoms with van der Waals surface area (Å²) in [5.74, 6) is 0. The first-order chi connectivity index (χ1) is 8.20. The van der Waals surface area contributed by atoms with Crippen LogP contribution in [-0.2, 0) is 4.74 Å². The lowest BCUT2D eigenvalue weighted by molar-refractivity contribution is 0.0422. The van der Waals surface area contributed by atoms with E-state index in [0.717, 1.165) is 26.2 Å². The number of likely N-dealkylation sites (N-methyl/N-ethyl adjacent to an activating group) is 1. The minimum absolute atomic E-state index is 0.286. The van der Waals surface area contributed by atoms with Crippen LogP contribution in [0.1, 0.15) is 5.56 Å². The fourth-order valence-corrected chi connectivity index (χ4v) is 2.45. The highest BCUT2D eigenvalue weighted by Gasteiger charge is 2.20. The largest absolute Gasteiger partial charge is 0.373 e. The van der Waals surface area contributed by atoms with Crippen LogP contribution in [0.15, 0.2) is 22.7 Å². The summed E-state index contributed by atoms with van der Waals surface area (Å²) < 4.78 is 6.88. The molecule has 1 saturated heterocycles. The number of nitrogens with one attached hydrogen (secondary N) is 1. The van der Waals surface area contributed by atoms with Crippen molar-refractivity contribution in [2.24, 2.45) is 0 Å². The smallest absolute Gasteiger partial charge is 0.0874 e. The van der Waals surface area contributed by atoms with Gasteiger partial charge in [-0.25, -0.2) is 0 Å². The van der Waals surface area contributed by atoms with Crippen molar-refractivity contribution in [3.05, 3.63) is 28.2 Å². The summed E-state index contributed by atoms with van der Waals surface area (Å²) in [7, 11) is 1.96. The summed E-state index contributed by atoms with van der Waals surface area (Å²) in [6.45, 7) is 5.74. The number of halogens is 1. The van der Waals surface area contributed by atoms with Crippen molar-refractivity contribution in [1.29, 1.82) is 0 Å². The summed E-state index contributed by atoms with van der Waals surface area (Å²) >= 11 is 3.59. The number of nitrogens with zero attached hydrogens (tertiary/aromatic N) is 1. The molecule has 4 heteroatoms. The topological polar surface area (TPSA) is 24.5 Å². The lowest BCUT2D eigenvalue weighted by Crippen LogP contribution is -2.46. The summed E-state index contributed by atoms with van der Waals surface area (Å²) in [6.07, 6.45) is 0.286. The van der Waals surface area contributed by atoms with E-state index in [4.69, 9.17) is 4.74 Å². The number of hydrogen-bond donors (Lipinski definition) is 1. The minimum Gasteiger partial charge on any atom is -0.373 e. The van der Waals surface area contributed by atoms with Gasteiger partial charge in [-0.3, -0.25) is 0 Å². The molecule has 0 radical (unpaired) electrons. The maximum absolute atomic E-state index is 5.71. The summed E-state index contributed by atoms with van der Waals surface area (Å²) in [6, 6.07) is 6.53. The van der Waals surface area contributed by atoms with Gasteiger partial charge < -0.3 is 15.0 Å². The first-order valence-corrected chi connectivity index (χ1v) is 6.77. The van der Waals surface area contributed by atoms with Crippen molar-refractivity contribution >= 4 is 21.6 Å². The predicted molar refractivity (Wildman–Crippen MR) is 74.8 cm³/mol. The SMILES string of the molecule is CNCC1CN(c2ccc(C)c(Br)c2)CCO1. The van der Waals surface area contributed by atoms with E-state index < -0.39 is 0 Å². The molecule has 0 spiro atoms. The first-order valence-electron chi connectivity index (χ1n) is 5.98. The molecule has 1 atom stereocenters. The molecule has 1 aliphatic rings. The molecule has 0 amide bonds. The quantitative estimate of drug-likeness (QED) is 0.926. The van der Waals surface area contributed by atoms with Crippen molar-refractivity contribution < 1.29 is 4.74 Å². The van der Waals surface area contributed by atoms with Gasteiger partial charge >= 0.3 is 0 Å². The Hall–Kier alpha value is -0.580. The fraction of sp³-hybridized carbons (Fsp3) is 0.538. The maximum Gasteiger partial charge on any atom is 0.0874 e. The highest BCUT2D eigenvalue weighted by molar-refractivity contribution is 9.10. The van der Waals surface area contributed by atoms with Crippen molar-refractivity contribution in [3.63, 3.8) is 0 Å². The normalized spacial score (nSPS) is 20.6. The number of aryl methyl sites for hydroxylation is 1. The van der Waals surface area contributed by atoms with Crippen LogP contribution < -0.4 is 10.2 Å². The van der Waals surface area contributed by atoms with Gasteiger partial charge in [-0.15, -0.1) is 0 Å². The van der Waals surface area contributed by atoms with Crippen molar-refractivity contribution in [2.75, 3.05) is 38.2 Å². The van der Waals surface area contributed by atoms with E-state index in [9.17, 15) is 0 Å². The minimum atomic E-state index is 0.286. The Morgan fingerprint density at radius 3 is 3.06 bits per heavy atom.